The van der Waals surface area contributed by atoms with Crippen molar-refractivity contribution in [1.82, 2.24) is 10.6 Å². The van der Waals surface area contributed by atoms with Crippen molar-refractivity contribution in [3.8, 4) is 12.3 Å². The van der Waals surface area contributed by atoms with Gasteiger partial charge in [0.2, 0.25) is 0 Å². The Hall–Kier alpha value is -1.21. The average Bonchev–Trinajstić information content (AvgIpc) is 2.22. The standard InChI is InChI=1S/C15H26N2O2/c1-6-8-11(7-2)16-12-9-13(10-12)17-14(18)19-15(3,4)5/h2,11-13,16H,6,8-10H2,1,3-5H3,(H,17,18). The second kappa shape index (κ2) is 6.81. The van der Waals surface area contributed by atoms with Gasteiger partial charge in [-0.05, 0) is 40.0 Å². The van der Waals surface area contributed by atoms with Gasteiger partial charge in [-0.2, -0.15) is 0 Å². The summed E-state index contributed by atoms with van der Waals surface area (Å²) in [6.07, 6.45) is 9.04. The fourth-order valence-electron chi connectivity index (χ4n) is 2.13. The minimum Gasteiger partial charge on any atom is -0.444 e. The minimum atomic E-state index is -0.443. The summed E-state index contributed by atoms with van der Waals surface area (Å²) in [5.74, 6) is 2.77. The molecule has 0 aromatic rings. The Morgan fingerprint density at radius 3 is 2.53 bits per heavy atom. The first-order valence-electron chi connectivity index (χ1n) is 7.05. The predicted molar refractivity (Wildman–Crippen MR) is 76.8 cm³/mol. The first-order valence-corrected chi connectivity index (χ1v) is 7.05. The Bertz CT molecular complexity index is 335. The molecule has 2 N–H and O–H groups in total. The van der Waals surface area contributed by atoms with E-state index >= 15 is 0 Å². The quantitative estimate of drug-likeness (QED) is 0.751. The van der Waals surface area contributed by atoms with Gasteiger partial charge in [0.25, 0.3) is 0 Å². The van der Waals surface area contributed by atoms with Gasteiger partial charge in [-0.3, -0.25) is 0 Å². The van der Waals surface area contributed by atoms with E-state index in [1.54, 1.807) is 0 Å². The largest absolute Gasteiger partial charge is 0.444 e. The highest BCUT2D eigenvalue weighted by atomic mass is 16.6. The molecule has 4 heteroatoms. The number of ether oxygens (including phenoxy) is 1. The van der Waals surface area contributed by atoms with Crippen LogP contribution in [0.5, 0.6) is 0 Å². The van der Waals surface area contributed by atoms with E-state index in [2.05, 4.69) is 23.5 Å². The van der Waals surface area contributed by atoms with E-state index in [-0.39, 0.29) is 18.2 Å². The summed E-state index contributed by atoms with van der Waals surface area (Å²) in [7, 11) is 0. The first-order chi connectivity index (χ1) is 8.84. The van der Waals surface area contributed by atoms with Crippen molar-refractivity contribution in [3.05, 3.63) is 0 Å². The lowest BCUT2D eigenvalue weighted by molar-refractivity contribution is 0.0464. The molecular weight excluding hydrogens is 240 g/mol. The Kier molecular flexibility index (Phi) is 5.68. The van der Waals surface area contributed by atoms with Crippen LogP contribution in [0.25, 0.3) is 0 Å². The van der Waals surface area contributed by atoms with Gasteiger partial charge in [0.1, 0.15) is 5.60 Å². The number of hydrogen-bond acceptors (Lipinski definition) is 3. The zero-order valence-corrected chi connectivity index (χ0v) is 12.5. The molecule has 108 valence electrons. The van der Waals surface area contributed by atoms with E-state index in [1.807, 2.05) is 20.8 Å². The number of nitrogens with one attached hydrogen (secondary N) is 2. The lowest BCUT2D eigenvalue weighted by Crippen LogP contribution is -2.55. The van der Waals surface area contributed by atoms with Crippen LogP contribution in [0.1, 0.15) is 53.4 Å². The van der Waals surface area contributed by atoms with Gasteiger partial charge in [-0.15, -0.1) is 6.42 Å². The molecule has 0 radical (unpaired) electrons. The molecule has 1 saturated carbocycles. The summed E-state index contributed by atoms with van der Waals surface area (Å²) in [4.78, 5) is 11.6. The van der Waals surface area contributed by atoms with Crippen molar-refractivity contribution >= 4 is 6.09 Å². The first kappa shape index (κ1) is 15.8. The molecule has 0 heterocycles. The molecule has 0 aromatic carbocycles. The molecule has 1 aliphatic carbocycles. The van der Waals surface area contributed by atoms with Gasteiger partial charge in [-0.25, -0.2) is 4.79 Å². The SMILES string of the molecule is C#CC(CCC)NC1CC(NC(=O)OC(C)(C)C)C1. The molecule has 0 saturated heterocycles. The van der Waals surface area contributed by atoms with Crippen LogP contribution in [0.4, 0.5) is 4.79 Å². The van der Waals surface area contributed by atoms with Crippen LogP contribution in [-0.2, 0) is 4.74 Å². The van der Waals surface area contributed by atoms with E-state index in [1.165, 1.54) is 0 Å². The van der Waals surface area contributed by atoms with Crippen molar-refractivity contribution in [2.45, 2.75) is 77.1 Å². The number of amides is 1. The Morgan fingerprint density at radius 1 is 1.42 bits per heavy atom. The number of carbonyl (C=O) groups is 1. The maximum atomic E-state index is 11.6. The normalized spacial score (nSPS) is 23.9. The molecule has 19 heavy (non-hydrogen) atoms. The Balaban J connectivity index is 2.20. The van der Waals surface area contributed by atoms with Crippen molar-refractivity contribution in [3.63, 3.8) is 0 Å². The monoisotopic (exact) mass is 266 g/mol. The smallest absolute Gasteiger partial charge is 0.407 e. The second-order valence-electron chi connectivity index (χ2n) is 6.19. The van der Waals surface area contributed by atoms with E-state index in [0.29, 0.717) is 6.04 Å². The van der Waals surface area contributed by atoms with E-state index in [4.69, 9.17) is 11.2 Å². The molecule has 1 amide bonds. The molecule has 0 spiro atoms. The topological polar surface area (TPSA) is 50.4 Å². The molecule has 0 bridgehead atoms. The van der Waals surface area contributed by atoms with Crippen LogP contribution < -0.4 is 10.6 Å². The summed E-state index contributed by atoms with van der Waals surface area (Å²) in [5.41, 5.74) is -0.443. The van der Waals surface area contributed by atoms with Gasteiger partial charge < -0.3 is 15.4 Å². The Labute approximate surface area is 116 Å². The number of terminal acetylenes is 1. The van der Waals surface area contributed by atoms with E-state index in [0.717, 1.165) is 25.7 Å². The molecule has 1 rings (SSSR count). The summed E-state index contributed by atoms with van der Waals surface area (Å²) in [6.45, 7) is 7.71. The van der Waals surface area contributed by atoms with E-state index < -0.39 is 5.60 Å². The minimum absolute atomic E-state index is 0.150. The maximum Gasteiger partial charge on any atom is 0.407 e. The van der Waals surface area contributed by atoms with Crippen molar-refractivity contribution in [2.24, 2.45) is 0 Å². The van der Waals surface area contributed by atoms with Crippen LogP contribution in [0.2, 0.25) is 0 Å². The third kappa shape index (κ3) is 5.98. The number of hydrogen-bond donors (Lipinski definition) is 2. The summed E-state index contributed by atoms with van der Waals surface area (Å²) in [5, 5.41) is 6.30. The van der Waals surface area contributed by atoms with Crippen LogP contribution in [0.3, 0.4) is 0 Å². The highest BCUT2D eigenvalue weighted by Crippen LogP contribution is 2.21. The van der Waals surface area contributed by atoms with Crippen molar-refractivity contribution in [2.75, 3.05) is 0 Å². The molecule has 1 unspecified atom stereocenters. The Morgan fingerprint density at radius 2 is 2.05 bits per heavy atom. The molecule has 0 aliphatic heterocycles. The van der Waals surface area contributed by atoms with Gasteiger partial charge >= 0.3 is 6.09 Å². The number of alkyl carbamates (subject to hydrolysis) is 1. The zero-order chi connectivity index (χ0) is 14.5. The van der Waals surface area contributed by atoms with Gasteiger partial charge in [0.15, 0.2) is 0 Å². The van der Waals surface area contributed by atoms with Gasteiger partial charge in [0, 0.05) is 12.1 Å². The molecule has 0 aromatic heterocycles. The zero-order valence-electron chi connectivity index (χ0n) is 12.5. The van der Waals surface area contributed by atoms with Crippen LogP contribution >= 0.6 is 0 Å². The predicted octanol–water partition coefficient (Wildman–Crippen LogP) is 2.43. The van der Waals surface area contributed by atoms with Crippen LogP contribution in [0, 0.1) is 12.3 Å². The summed E-state index contributed by atoms with van der Waals surface area (Å²) < 4.78 is 5.22. The molecule has 1 atom stereocenters. The lowest BCUT2D eigenvalue weighted by Gasteiger charge is -2.38. The molecule has 4 nitrogen and oxygen atoms in total. The summed E-state index contributed by atoms with van der Waals surface area (Å²) in [6, 6.07) is 0.761. The lowest BCUT2D eigenvalue weighted by atomic mass is 9.86. The van der Waals surface area contributed by atoms with Crippen LogP contribution in [-0.4, -0.2) is 29.8 Å². The number of carbonyl (C=O) groups excluding carboxylic acids is 1. The fraction of sp³-hybridized carbons (Fsp3) is 0.800. The summed E-state index contributed by atoms with van der Waals surface area (Å²) >= 11 is 0. The van der Waals surface area contributed by atoms with Crippen molar-refractivity contribution < 1.29 is 9.53 Å². The maximum absolute atomic E-state index is 11.6. The average molecular weight is 266 g/mol. The third-order valence-electron chi connectivity index (χ3n) is 3.07. The highest BCUT2D eigenvalue weighted by Gasteiger charge is 2.32. The van der Waals surface area contributed by atoms with Gasteiger partial charge in [0.05, 0.1) is 6.04 Å². The number of rotatable bonds is 5. The van der Waals surface area contributed by atoms with E-state index in [9.17, 15) is 4.79 Å². The molecular formula is C15H26N2O2. The van der Waals surface area contributed by atoms with Crippen molar-refractivity contribution in [1.29, 1.82) is 0 Å². The fourth-order valence-corrected chi connectivity index (χ4v) is 2.13. The second-order valence-corrected chi connectivity index (χ2v) is 6.19. The van der Waals surface area contributed by atoms with Crippen LogP contribution in [0.15, 0.2) is 0 Å². The molecule has 1 fully saturated rings. The third-order valence-corrected chi connectivity index (χ3v) is 3.07. The van der Waals surface area contributed by atoms with Gasteiger partial charge in [-0.1, -0.05) is 19.3 Å². The molecule has 1 aliphatic rings. The highest BCUT2D eigenvalue weighted by molar-refractivity contribution is 5.68.